The van der Waals surface area contributed by atoms with Crippen LogP contribution >= 0.6 is 0 Å². The maximum Gasteiger partial charge on any atom is 0.138 e. The fraction of sp³-hybridized carbons (Fsp3) is 0. The van der Waals surface area contributed by atoms with E-state index in [0.717, 1.165) is 50.5 Å². The number of hydrogen-bond donors (Lipinski definition) is 0. The molecule has 11 aromatic rings. The molecule has 0 N–H and O–H groups in total. The number of fused-ring (bicyclic) bond motifs is 10. The largest absolute Gasteiger partial charge is 0.456 e. The van der Waals surface area contributed by atoms with Crippen molar-refractivity contribution in [2.24, 2.45) is 0 Å². The van der Waals surface area contributed by atoms with E-state index in [4.69, 9.17) is 4.74 Å². The Kier molecular flexibility index (Phi) is 5.77. The van der Waals surface area contributed by atoms with Crippen molar-refractivity contribution >= 4 is 65.2 Å². The highest BCUT2D eigenvalue weighted by Gasteiger charge is 2.25. The van der Waals surface area contributed by atoms with Gasteiger partial charge in [-0.15, -0.1) is 0 Å². The lowest BCUT2D eigenvalue weighted by Gasteiger charge is -2.23. The quantitative estimate of drug-likeness (QED) is 0.183. The normalized spacial score (nSPS) is 12.3. The van der Waals surface area contributed by atoms with Crippen LogP contribution in [0.5, 0.6) is 11.5 Å². The van der Waals surface area contributed by atoms with E-state index in [-0.39, 0.29) is 0 Å². The molecule has 0 atom stereocenters. The topological polar surface area (TPSA) is 19.1 Å². The van der Waals surface area contributed by atoms with Crippen molar-refractivity contribution in [3.8, 4) is 45.1 Å². The summed E-state index contributed by atoms with van der Waals surface area (Å²) in [5.41, 5.74) is 11.6. The van der Waals surface area contributed by atoms with Gasteiger partial charge in [-0.2, -0.15) is 0 Å². The molecule has 3 nitrogen and oxygen atoms in total. The third-order valence-corrected chi connectivity index (χ3v) is 11.3. The van der Waals surface area contributed by atoms with Crippen molar-refractivity contribution < 1.29 is 4.74 Å². The minimum absolute atomic E-state index is 0.877. The Morgan fingerprint density at radius 3 is 1.89 bits per heavy atom. The van der Waals surface area contributed by atoms with Crippen molar-refractivity contribution in [3.05, 3.63) is 182 Å². The summed E-state index contributed by atoms with van der Waals surface area (Å²) >= 11 is 0. The molecule has 0 fully saturated rings. The van der Waals surface area contributed by atoms with Crippen LogP contribution in [0.4, 0.5) is 0 Å². The molecule has 0 aliphatic carbocycles. The molecule has 0 saturated carbocycles. The van der Waals surface area contributed by atoms with Gasteiger partial charge in [0.15, 0.2) is 0 Å². The highest BCUT2D eigenvalue weighted by molar-refractivity contribution is 6.25. The van der Waals surface area contributed by atoms with Gasteiger partial charge in [-0.3, -0.25) is 0 Å². The second kappa shape index (κ2) is 10.7. The Labute approximate surface area is 305 Å². The Morgan fingerprint density at radius 2 is 1.00 bits per heavy atom. The summed E-state index contributed by atoms with van der Waals surface area (Å²) in [6.07, 6.45) is 0. The van der Waals surface area contributed by atoms with Gasteiger partial charge < -0.3 is 13.9 Å². The summed E-state index contributed by atoms with van der Waals surface area (Å²) in [6.45, 7) is 0. The van der Waals surface area contributed by atoms with Crippen molar-refractivity contribution in [3.63, 3.8) is 0 Å². The van der Waals surface area contributed by atoms with Gasteiger partial charge in [0, 0.05) is 49.9 Å². The van der Waals surface area contributed by atoms with Gasteiger partial charge in [0.1, 0.15) is 11.5 Å². The second-order valence-corrected chi connectivity index (χ2v) is 14.1. The van der Waals surface area contributed by atoms with Crippen LogP contribution in [-0.2, 0) is 0 Å². The van der Waals surface area contributed by atoms with Crippen LogP contribution in [0.2, 0.25) is 0 Å². The van der Waals surface area contributed by atoms with Crippen LogP contribution in [-0.4, -0.2) is 9.13 Å². The molecule has 246 valence electrons. The fourth-order valence-electron chi connectivity index (χ4n) is 8.94. The molecule has 3 heteroatoms. The lowest BCUT2D eigenvalue weighted by molar-refractivity contribution is 0.488. The molecule has 0 unspecified atom stereocenters. The number of rotatable bonds is 3. The molecule has 0 bridgehead atoms. The zero-order chi connectivity index (χ0) is 34.6. The number of para-hydroxylation sites is 3. The number of hydrogen-bond acceptors (Lipinski definition) is 1. The molecular weight excluding hydrogens is 645 g/mol. The lowest BCUT2D eigenvalue weighted by atomic mass is 9.91. The molecule has 0 saturated heterocycles. The minimum Gasteiger partial charge on any atom is -0.456 e. The molecular formula is C50H30N2O. The fourth-order valence-corrected chi connectivity index (χ4v) is 8.94. The SMILES string of the molecule is c1ccc(-n2c3ccccc3c3cc(-c4ccc5c(c4)Oc4cc6c(c7cccc-5c47)c4ccccc4n6-c4ccc5ccccc5c4)ccc32)cc1. The van der Waals surface area contributed by atoms with Crippen LogP contribution in [0.3, 0.4) is 0 Å². The van der Waals surface area contributed by atoms with Crippen molar-refractivity contribution in [2.75, 3.05) is 0 Å². The summed E-state index contributed by atoms with van der Waals surface area (Å²) in [7, 11) is 0. The summed E-state index contributed by atoms with van der Waals surface area (Å²) in [4.78, 5) is 0. The van der Waals surface area contributed by atoms with E-state index >= 15 is 0 Å². The molecule has 1 aliphatic heterocycles. The summed E-state index contributed by atoms with van der Waals surface area (Å²) < 4.78 is 11.7. The zero-order valence-corrected chi connectivity index (χ0v) is 28.6. The number of nitrogens with zero attached hydrogens (tertiary/aromatic N) is 2. The first kappa shape index (κ1) is 28.6. The highest BCUT2D eigenvalue weighted by Crippen LogP contribution is 2.51. The lowest BCUT2D eigenvalue weighted by Crippen LogP contribution is -1.99. The van der Waals surface area contributed by atoms with Crippen LogP contribution in [0.1, 0.15) is 0 Å². The van der Waals surface area contributed by atoms with Crippen molar-refractivity contribution in [1.29, 1.82) is 0 Å². The predicted molar refractivity (Wildman–Crippen MR) is 221 cm³/mol. The minimum atomic E-state index is 0.877. The molecule has 3 heterocycles. The van der Waals surface area contributed by atoms with Gasteiger partial charge in [-0.05, 0) is 93.5 Å². The Bertz CT molecular complexity index is 3310. The van der Waals surface area contributed by atoms with Crippen LogP contribution in [0, 0.1) is 0 Å². The number of aromatic nitrogens is 2. The first-order valence-corrected chi connectivity index (χ1v) is 18.2. The van der Waals surface area contributed by atoms with E-state index in [2.05, 4.69) is 191 Å². The van der Waals surface area contributed by atoms with Gasteiger partial charge in [-0.1, -0.05) is 115 Å². The van der Waals surface area contributed by atoms with Crippen LogP contribution in [0.25, 0.3) is 98.8 Å². The molecule has 53 heavy (non-hydrogen) atoms. The Morgan fingerprint density at radius 1 is 0.321 bits per heavy atom. The molecule has 9 aromatic carbocycles. The van der Waals surface area contributed by atoms with Crippen LogP contribution in [0.15, 0.2) is 182 Å². The summed E-state index contributed by atoms with van der Waals surface area (Å²) in [6, 6.07) is 65.9. The average Bonchev–Trinajstić information content (AvgIpc) is 3.73. The van der Waals surface area contributed by atoms with Gasteiger partial charge in [0.05, 0.1) is 22.1 Å². The van der Waals surface area contributed by atoms with E-state index < -0.39 is 0 Å². The Hall–Kier alpha value is -7.10. The van der Waals surface area contributed by atoms with E-state index in [1.165, 1.54) is 59.8 Å². The van der Waals surface area contributed by atoms with E-state index in [1.807, 2.05) is 0 Å². The van der Waals surface area contributed by atoms with E-state index in [9.17, 15) is 0 Å². The zero-order valence-electron chi connectivity index (χ0n) is 28.6. The van der Waals surface area contributed by atoms with Gasteiger partial charge in [-0.25, -0.2) is 0 Å². The molecule has 0 spiro atoms. The van der Waals surface area contributed by atoms with Gasteiger partial charge >= 0.3 is 0 Å². The number of benzene rings is 9. The Balaban J connectivity index is 1.05. The van der Waals surface area contributed by atoms with E-state index in [1.54, 1.807) is 0 Å². The summed E-state index contributed by atoms with van der Waals surface area (Å²) in [5, 5.41) is 9.80. The maximum absolute atomic E-state index is 6.98. The predicted octanol–water partition coefficient (Wildman–Crippen LogP) is 13.6. The van der Waals surface area contributed by atoms with Gasteiger partial charge in [0.2, 0.25) is 0 Å². The first-order chi connectivity index (χ1) is 26.3. The highest BCUT2D eigenvalue weighted by atomic mass is 16.5. The molecule has 2 aromatic heterocycles. The third-order valence-electron chi connectivity index (χ3n) is 11.3. The molecule has 0 radical (unpaired) electrons. The maximum atomic E-state index is 6.98. The first-order valence-electron chi connectivity index (χ1n) is 18.2. The monoisotopic (exact) mass is 674 g/mol. The van der Waals surface area contributed by atoms with Crippen molar-refractivity contribution in [2.45, 2.75) is 0 Å². The molecule has 0 amide bonds. The van der Waals surface area contributed by atoms with Gasteiger partial charge in [0.25, 0.3) is 0 Å². The van der Waals surface area contributed by atoms with Crippen molar-refractivity contribution in [1.82, 2.24) is 9.13 Å². The number of ether oxygens (including phenoxy) is 1. The third kappa shape index (κ3) is 4.05. The van der Waals surface area contributed by atoms with Crippen LogP contribution < -0.4 is 4.74 Å². The molecule has 1 aliphatic rings. The smallest absolute Gasteiger partial charge is 0.138 e. The summed E-state index contributed by atoms with van der Waals surface area (Å²) in [5.74, 6) is 1.76. The van der Waals surface area contributed by atoms with E-state index in [0.29, 0.717) is 0 Å². The standard InChI is InChI=1S/C50H30N2O/c1-2-13-35(14-3-1)51-43-19-8-6-15-37(43)42-28-33(23-26-45(42)51)34-22-25-38-39-17-10-18-41-49-40-16-7-9-20-44(40)52(36-24-21-31-11-4-5-12-32(31)27-36)46(49)30-48(50(39)41)53-47(38)29-34/h1-30H. The second-order valence-electron chi connectivity index (χ2n) is 14.1. The average molecular weight is 675 g/mol. The molecule has 12 rings (SSSR count).